The first kappa shape index (κ1) is 21.4. The molecule has 0 aliphatic rings. The number of anilines is 1. The highest BCUT2D eigenvalue weighted by Gasteiger charge is 2.40. The van der Waals surface area contributed by atoms with Crippen molar-refractivity contribution >= 4 is 11.7 Å². The molecule has 2 rings (SSSR count). The molecule has 0 amide bonds. The summed E-state index contributed by atoms with van der Waals surface area (Å²) < 4.78 is 15.8. The summed E-state index contributed by atoms with van der Waals surface area (Å²) >= 11 is 0. The van der Waals surface area contributed by atoms with Gasteiger partial charge in [-0.1, -0.05) is 12.1 Å². The van der Waals surface area contributed by atoms with Crippen LogP contribution >= 0.6 is 0 Å². The summed E-state index contributed by atoms with van der Waals surface area (Å²) in [5, 5.41) is 13.9. The fourth-order valence-corrected chi connectivity index (χ4v) is 3.32. The van der Waals surface area contributed by atoms with Gasteiger partial charge in [0.05, 0.1) is 38.5 Å². The monoisotopic (exact) mass is 387 g/mol. The van der Waals surface area contributed by atoms with E-state index in [0.717, 1.165) is 16.7 Å². The Kier molecular flexibility index (Phi) is 6.44. The molecule has 0 bridgehead atoms. The highest BCUT2D eigenvalue weighted by atomic mass is 16.5. The summed E-state index contributed by atoms with van der Waals surface area (Å²) in [5.41, 5.74) is 2.17. The molecule has 1 atom stereocenters. The number of ether oxygens (including phenoxy) is 3. The number of aryl methyl sites for hydroxylation is 2. The number of rotatable bonds is 7. The number of aromatic hydroxyl groups is 1. The third kappa shape index (κ3) is 4.16. The van der Waals surface area contributed by atoms with Gasteiger partial charge in [-0.05, 0) is 62.6 Å². The van der Waals surface area contributed by atoms with Crippen molar-refractivity contribution in [3.8, 4) is 17.2 Å². The fraction of sp³-hybridized carbons (Fsp3) is 0.409. The number of benzene rings is 2. The Bertz CT molecular complexity index is 860. The minimum Gasteiger partial charge on any atom is -0.506 e. The van der Waals surface area contributed by atoms with Crippen LogP contribution in [0.3, 0.4) is 0 Å². The summed E-state index contributed by atoms with van der Waals surface area (Å²) in [4.78, 5) is 12.6. The maximum atomic E-state index is 12.6. The maximum absolute atomic E-state index is 12.6. The summed E-state index contributed by atoms with van der Waals surface area (Å²) in [7, 11) is 4.49. The normalized spacial score (nSPS) is 12.2. The van der Waals surface area contributed by atoms with Gasteiger partial charge in [0, 0.05) is 0 Å². The minimum atomic E-state index is -0.932. The van der Waals surface area contributed by atoms with E-state index in [-0.39, 0.29) is 11.7 Å². The molecule has 2 aromatic carbocycles. The van der Waals surface area contributed by atoms with Gasteiger partial charge >= 0.3 is 5.97 Å². The molecule has 152 valence electrons. The van der Waals surface area contributed by atoms with Crippen LogP contribution in [0.4, 0.5) is 5.69 Å². The van der Waals surface area contributed by atoms with Crippen molar-refractivity contribution in [2.75, 3.05) is 26.6 Å². The van der Waals surface area contributed by atoms with Crippen molar-refractivity contribution in [2.24, 2.45) is 5.41 Å². The number of carbonyl (C=O) groups excluding carboxylic acids is 1. The Hall–Kier alpha value is -2.89. The Balaban J connectivity index is 2.60. The molecular formula is C22H29NO5. The molecule has 28 heavy (non-hydrogen) atoms. The van der Waals surface area contributed by atoms with Crippen LogP contribution in [0.15, 0.2) is 30.3 Å². The molecule has 0 saturated heterocycles. The molecule has 0 unspecified atom stereocenters. The topological polar surface area (TPSA) is 77.0 Å². The van der Waals surface area contributed by atoms with E-state index in [9.17, 15) is 9.90 Å². The Morgan fingerprint density at radius 3 is 2.25 bits per heavy atom. The number of esters is 1. The molecule has 0 aromatic heterocycles. The molecule has 2 aromatic rings. The number of methoxy groups -OCH3 is 3. The second kappa shape index (κ2) is 8.42. The van der Waals surface area contributed by atoms with Crippen molar-refractivity contribution in [2.45, 2.75) is 33.7 Å². The van der Waals surface area contributed by atoms with Gasteiger partial charge in [-0.3, -0.25) is 4.79 Å². The Labute approximate surface area is 166 Å². The van der Waals surface area contributed by atoms with Crippen LogP contribution in [0, 0.1) is 19.3 Å². The summed E-state index contributed by atoms with van der Waals surface area (Å²) in [5.74, 6) is 0.924. The quantitative estimate of drug-likeness (QED) is 0.542. The fourth-order valence-electron chi connectivity index (χ4n) is 3.32. The Morgan fingerprint density at radius 1 is 1.04 bits per heavy atom. The van der Waals surface area contributed by atoms with Gasteiger partial charge in [0.15, 0.2) is 11.5 Å². The lowest BCUT2D eigenvalue weighted by Gasteiger charge is -2.34. The third-order valence-electron chi connectivity index (χ3n) is 4.92. The van der Waals surface area contributed by atoms with E-state index >= 15 is 0 Å². The van der Waals surface area contributed by atoms with Crippen LogP contribution in [-0.4, -0.2) is 32.4 Å². The number of phenols is 1. The highest BCUT2D eigenvalue weighted by molar-refractivity contribution is 5.78. The summed E-state index contributed by atoms with van der Waals surface area (Å²) in [6.45, 7) is 7.39. The van der Waals surface area contributed by atoms with Crippen molar-refractivity contribution in [1.29, 1.82) is 0 Å². The molecule has 0 heterocycles. The van der Waals surface area contributed by atoms with Crippen LogP contribution in [0.1, 0.15) is 36.6 Å². The molecule has 0 aliphatic heterocycles. The van der Waals surface area contributed by atoms with Crippen LogP contribution in [-0.2, 0) is 9.53 Å². The summed E-state index contributed by atoms with van der Waals surface area (Å²) in [6.07, 6.45) is 0. The number of phenolic OH excluding ortho intramolecular Hbond substituents is 1. The van der Waals surface area contributed by atoms with E-state index in [4.69, 9.17) is 14.2 Å². The number of nitrogens with one attached hydrogen (secondary N) is 1. The molecule has 0 fully saturated rings. The van der Waals surface area contributed by atoms with Crippen molar-refractivity contribution in [3.05, 3.63) is 47.0 Å². The Morgan fingerprint density at radius 2 is 1.68 bits per heavy atom. The van der Waals surface area contributed by atoms with E-state index in [1.54, 1.807) is 34.1 Å². The molecule has 0 radical (unpaired) electrons. The van der Waals surface area contributed by atoms with Gasteiger partial charge in [-0.2, -0.15) is 0 Å². The van der Waals surface area contributed by atoms with Gasteiger partial charge in [-0.15, -0.1) is 0 Å². The second-order valence-corrected chi connectivity index (χ2v) is 7.38. The average molecular weight is 387 g/mol. The molecule has 6 nitrogen and oxygen atoms in total. The smallest absolute Gasteiger partial charge is 0.313 e. The zero-order valence-corrected chi connectivity index (χ0v) is 17.5. The highest BCUT2D eigenvalue weighted by Crippen LogP contribution is 2.42. The predicted molar refractivity (Wildman–Crippen MR) is 109 cm³/mol. The van der Waals surface area contributed by atoms with E-state index in [2.05, 4.69) is 5.32 Å². The molecule has 2 N–H and O–H groups in total. The van der Waals surface area contributed by atoms with Gasteiger partial charge in [0.25, 0.3) is 0 Å². The number of hydrogen-bond acceptors (Lipinski definition) is 6. The van der Waals surface area contributed by atoms with Crippen molar-refractivity contribution < 1.29 is 24.1 Å². The maximum Gasteiger partial charge on any atom is 0.313 e. The van der Waals surface area contributed by atoms with Gasteiger partial charge in [0.1, 0.15) is 5.75 Å². The first-order valence-electron chi connectivity index (χ1n) is 9.02. The molecule has 6 heteroatoms. The lowest BCUT2D eigenvalue weighted by atomic mass is 9.80. The zero-order valence-electron chi connectivity index (χ0n) is 17.5. The molecule has 0 saturated carbocycles. The predicted octanol–water partition coefficient (Wildman–Crippen LogP) is 4.38. The lowest BCUT2D eigenvalue weighted by molar-refractivity contribution is -0.151. The first-order chi connectivity index (χ1) is 13.1. The lowest BCUT2D eigenvalue weighted by Crippen LogP contribution is -2.36. The zero-order chi connectivity index (χ0) is 21.1. The van der Waals surface area contributed by atoms with Crippen LogP contribution in [0.5, 0.6) is 17.2 Å². The number of hydrogen-bond donors (Lipinski definition) is 2. The molecular weight excluding hydrogens is 358 g/mol. The van der Waals surface area contributed by atoms with E-state index < -0.39 is 11.5 Å². The van der Waals surface area contributed by atoms with Crippen LogP contribution < -0.4 is 14.8 Å². The third-order valence-corrected chi connectivity index (χ3v) is 4.92. The average Bonchev–Trinajstić information content (AvgIpc) is 2.67. The standard InChI is InChI=1S/C22H29NO5/c1-13-10-14(2)19(24)16(11-13)23-20(22(3,4)21(25)28-7)15-8-9-17(26-5)18(12-15)27-6/h8-12,20,23-24H,1-7H3/t20-/m0/s1. The number of carbonyl (C=O) groups is 1. The van der Waals surface area contributed by atoms with Gasteiger partial charge in [0.2, 0.25) is 0 Å². The summed E-state index contributed by atoms with van der Waals surface area (Å²) in [6, 6.07) is 8.73. The van der Waals surface area contributed by atoms with Crippen LogP contribution in [0.2, 0.25) is 0 Å². The van der Waals surface area contributed by atoms with Gasteiger partial charge < -0.3 is 24.6 Å². The van der Waals surface area contributed by atoms with Gasteiger partial charge in [-0.25, -0.2) is 0 Å². The van der Waals surface area contributed by atoms with Crippen molar-refractivity contribution in [3.63, 3.8) is 0 Å². The minimum absolute atomic E-state index is 0.150. The molecule has 0 aliphatic carbocycles. The van der Waals surface area contributed by atoms with E-state index in [1.165, 1.54) is 7.11 Å². The second-order valence-electron chi connectivity index (χ2n) is 7.38. The van der Waals surface area contributed by atoms with E-state index in [1.807, 2.05) is 38.1 Å². The van der Waals surface area contributed by atoms with E-state index in [0.29, 0.717) is 17.2 Å². The van der Waals surface area contributed by atoms with Crippen LogP contribution in [0.25, 0.3) is 0 Å². The molecule has 0 spiro atoms. The largest absolute Gasteiger partial charge is 0.506 e. The SMILES string of the molecule is COC(=O)C(C)(C)[C@@H](Nc1cc(C)cc(C)c1O)c1ccc(OC)c(OC)c1. The first-order valence-corrected chi connectivity index (χ1v) is 9.02. The van der Waals surface area contributed by atoms with Crippen molar-refractivity contribution in [1.82, 2.24) is 0 Å².